The second-order valence-corrected chi connectivity index (χ2v) is 8.34. The van der Waals surface area contributed by atoms with Gasteiger partial charge in [0.15, 0.2) is 0 Å². The van der Waals surface area contributed by atoms with Crippen molar-refractivity contribution in [3.63, 3.8) is 0 Å². The first kappa shape index (κ1) is 21.8. The summed E-state index contributed by atoms with van der Waals surface area (Å²) in [5.41, 5.74) is 2.13. The van der Waals surface area contributed by atoms with Gasteiger partial charge in [-0.05, 0) is 42.8 Å². The lowest BCUT2D eigenvalue weighted by Gasteiger charge is -2.28. The van der Waals surface area contributed by atoms with Crippen LogP contribution in [0.5, 0.6) is 0 Å². The van der Waals surface area contributed by atoms with Gasteiger partial charge in [0.2, 0.25) is 5.91 Å². The smallest absolute Gasteiger partial charge is 0.262 e. The maximum Gasteiger partial charge on any atom is 0.262 e. The third-order valence-corrected chi connectivity index (χ3v) is 5.71. The molecule has 0 spiro atoms. The Kier molecular flexibility index (Phi) is 7.11. The minimum atomic E-state index is -0.899. The lowest BCUT2D eigenvalue weighted by atomic mass is 10.1. The van der Waals surface area contributed by atoms with Gasteiger partial charge in [0.1, 0.15) is 12.6 Å². The van der Waals surface area contributed by atoms with Gasteiger partial charge in [-0.25, -0.2) is 0 Å². The number of carbonyl (C=O) groups is 3. The van der Waals surface area contributed by atoms with Crippen molar-refractivity contribution >= 4 is 52.0 Å². The normalized spacial score (nSPS) is 14.7. The molecule has 30 heavy (non-hydrogen) atoms. The predicted octanol–water partition coefficient (Wildman–Crippen LogP) is 2.83. The molecule has 2 aromatic rings. The number of morpholine rings is 1. The van der Waals surface area contributed by atoms with Gasteiger partial charge in [-0.3, -0.25) is 14.4 Å². The zero-order valence-corrected chi connectivity index (χ0v) is 17.8. The summed E-state index contributed by atoms with van der Waals surface area (Å²) in [7, 11) is 0. The minimum absolute atomic E-state index is 0.0377. The van der Waals surface area contributed by atoms with Crippen molar-refractivity contribution in [1.29, 1.82) is 0 Å². The molecule has 1 aliphatic rings. The molecule has 0 aliphatic carbocycles. The van der Waals surface area contributed by atoms with E-state index in [4.69, 9.17) is 22.8 Å². The molecule has 1 aliphatic heterocycles. The molecule has 0 bridgehead atoms. The molecule has 156 valence electrons. The Bertz CT molecular complexity index is 1010. The predicted molar refractivity (Wildman–Crippen MR) is 117 cm³/mol. The lowest BCUT2D eigenvalue weighted by Crippen LogP contribution is -2.43. The van der Waals surface area contributed by atoms with Crippen LogP contribution in [-0.4, -0.2) is 43.5 Å². The molecule has 9 heteroatoms. The van der Waals surface area contributed by atoms with Crippen molar-refractivity contribution < 1.29 is 19.1 Å². The van der Waals surface area contributed by atoms with Crippen LogP contribution in [0.3, 0.4) is 0 Å². The largest absolute Gasteiger partial charge is 0.370 e. The standard InChI is InChI=1S/C21H20ClN3O4S/c1-3-4-15(24-21(28)17-7-8-18(22)30-17)20(27)23-14-5-6-16(13(2)11-14)25-9-10-29-12-19(25)26/h1,5-8,11,15H,4,9-10,12H2,2H3,(H,23,27)(H,24,28)/t15-/m1/s1. The summed E-state index contributed by atoms with van der Waals surface area (Å²) in [5, 5.41) is 5.41. The fourth-order valence-corrected chi connectivity index (χ4v) is 3.98. The molecule has 0 radical (unpaired) electrons. The number of hydrogen-bond donors (Lipinski definition) is 2. The fraction of sp³-hybridized carbons (Fsp3) is 0.286. The van der Waals surface area contributed by atoms with Crippen molar-refractivity contribution in [2.45, 2.75) is 19.4 Å². The maximum atomic E-state index is 12.7. The zero-order valence-electron chi connectivity index (χ0n) is 16.2. The third kappa shape index (κ3) is 5.19. The maximum absolute atomic E-state index is 12.7. The molecule has 1 fully saturated rings. The van der Waals surface area contributed by atoms with Crippen molar-refractivity contribution in [2.75, 3.05) is 30.0 Å². The topological polar surface area (TPSA) is 87.7 Å². The molecule has 1 saturated heterocycles. The highest BCUT2D eigenvalue weighted by molar-refractivity contribution is 7.18. The number of anilines is 2. The van der Waals surface area contributed by atoms with E-state index < -0.39 is 17.9 Å². The van der Waals surface area contributed by atoms with Gasteiger partial charge in [-0.2, -0.15) is 0 Å². The van der Waals surface area contributed by atoms with Crippen molar-refractivity contribution in [3.8, 4) is 12.3 Å². The summed E-state index contributed by atoms with van der Waals surface area (Å²) in [6.07, 6.45) is 5.41. The van der Waals surface area contributed by atoms with Gasteiger partial charge in [0, 0.05) is 24.3 Å². The molecule has 1 aromatic carbocycles. The van der Waals surface area contributed by atoms with Crippen LogP contribution in [0.1, 0.15) is 21.7 Å². The average molecular weight is 446 g/mol. The molecular weight excluding hydrogens is 426 g/mol. The van der Waals surface area contributed by atoms with Crippen molar-refractivity contribution in [2.24, 2.45) is 0 Å². The Labute approximate surface area is 183 Å². The van der Waals surface area contributed by atoms with Gasteiger partial charge in [0.05, 0.1) is 15.8 Å². The summed E-state index contributed by atoms with van der Waals surface area (Å²) < 4.78 is 5.64. The van der Waals surface area contributed by atoms with E-state index in [1.165, 1.54) is 0 Å². The van der Waals surface area contributed by atoms with Gasteiger partial charge < -0.3 is 20.3 Å². The second kappa shape index (κ2) is 9.76. The van der Waals surface area contributed by atoms with Gasteiger partial charge in [0.25, 0.3) is 11.8 Å². The minimum Gasteiger partial charge on any atom is -0.370 e. The van der Waals surface area contributed by atoms with E-state index in [0.29, 0.717) is 28.1 Å². The van der Waals surface area contributed by atoms with Crippen LogP contribution in [-0.2, 0) is 14.3 Å². The van der Waals surface area contributed by atoms with E-state index in [-0.39, 0.29) is 18.9 Å². The number of terminal acetylenes is 1. The quantitative estimate of drug-likeness (QED) is 0.669. The number of rotatable bonds is 6. The number of benzene rings is 1. The van der Waals surface area contributed by atoms with Gasteiger partial charge >= 0.3 is 0 Å². The number of halogens is 1. The Hall–Kier alpha value is -2.86. The van der Waals surface area contributed by atoms with Gasteiger partial charge in [-0.1, -0.05) is 11.6 Å². The summed E-state index contributed by atoms with van der Waals surface area (Å²) in [6.45, 7) is 2.87. The number of carbonyl (C=O) groups excluding carboxylic acids is 3. The van der Waals surface area contributed by atoms with E-state index in [2.05, 4.69) is 16.6 Å². The van der Waals surface area contributed by atoms with Crippen LogP contribution in [0.25, 0.3) is 0 Å². The van der Waals surface area contributed by atoms with Crippen molar-refractivity contribution in [3.05, 3.63) is 45.1 Å². The van der Waals surface area contributed by atoms with Crippen LogP contribution in [0, 0.1) is 19.3 Å². The number of hydrogen-bond acceptors (Lipinski definition) is 5. The first-order valence-corrected chi connectivity index (χ1v) is 10.4. The van der Waals surface area contributed by atoms with Crippen LogP contribution in [0.2, 0.25) is 4.34 Å². The second-order valence-electron chi connectivity index (χ2n) is 6.63. The van der Waals surface area contributed by atoms with Crippen LogP contribution in [0.4, 0.5) is 11.4 Å². The molecule has 2 N–H and O–H groups in total. The van der Waals surface area contributed by atoms with Crippen LogP contribution < -0.4 is 15.5 Å². The molecule has 7 nitrogen and oxygen atoms in total. The summed E-state index contributed by atoms with van der Waals surface area (Å²) in [4.78, 5) is 39.2. The molecule has 3 rings (SSSR count). The number of nitrogens with zero attached hydrogens (tertiary/aromatic N) is 1. The highest BCUT2D eigenvalue weighted by atomic mass is 35.5. The Balaban J connectivity index is 1.69. The molecule has 3 amide bonds. The van der Waals surface area contributed by atoms with Crippen molar-refractivity contribution in [1.82, 2.24) is 5.32 Å². The lowest BCUT2D eigenvalue weighted by molar-refractivity contribution is -0.125. The van der Waals surface area contributed by atoms with E-state index in [0.717, 1.165) is 22.6 Å². The molecule has 0 saturated carbocycles. The molecule has 0 unspecified atom stereocenters. The SMILES string of the molecule is C#CC[C@@H](NC(=O)c1ccc(Cl)s1)C(=O)Nc1ccc(N2CCOCC2=O)c(C)c1. The van der Waals surface area contributed by atoms with E-state index in [1.54, 1.807) is 35.2 Å². The number of amides is 3. The highest BCUT2D eigenvalue weighted by Crippen LogP contribution is 2.25. The molecule has 2 heterocycles. The van der Waals surface area contributed by atoms with Gasteiger partial charge in [-0.15, -0.1) is 23.7 Å². The molecule has 1 aromatic heterocycles. The summed E-state index contributed by atoms with van der Waals surface area (Å²) in [6, 6.07) is 7.55. The first-order valence-electron chi connectivity index (χ1n) is 9.18. The highest BCUT2D eigenvalue weighted by Gasteiger charge is 2.24. The molecule has 1 atom stereocenters. The fourth-order valence-electron chi connectivity index (χ4n) is 3.03. The number of aryl methyl sites for hydroxylation is 1. The first-order chi connectivity index (χ1) is 14.4. The third-order valence-electron chi connectivity index (χ3n) is 4.48. The van der Waals surface area contributed by atoms with Crippen LogP contribution in [0.15, 0.2) is 30.3 Å². The monoisotopic (exact) mass is 445 g/mol. The number of nitrogens with one attached hydrogen (secondary N) is 2. The summed E-state index contributed by atoms with van der Waals surface area (Å²) in [5.74, 6) is 1.46. The Morgan fingerprint density at radius 3 is 2.80 bits per heavy atom. The zero-order chi connectivity index (χ0) is 21.7. The average Bonchev–Trinajstić information content (AvgIpc) is 3.15. The van der Waals surface area contributed by atoms with E-state index >= 15 is 0 Å². The van der Waals surface area contributed by atoms with E-state index in [9.17, 15) is 14.4 Å². The molecular formula is C21H20ClN3O4S. The summed E-state index contributed by atoms with van der Waals surface area (Å²) >= 11 is 6.98. The Morgan fingerprint density at radius 2 is 2.17 bits per heavy atom. The van der Waals surface area contributed by atoms with Crippen LogP contribution >= 0.6 is 22.9 Å². The number of thiophene rings is 1. The van der Waals surface area contributed by atoms with E-state index in [1.807, 2.05) is 6.92 Å². The Morgan fingerprint density at radius 1 is 1.37 bits per heavy atom. The number of ether oxygens (including phenoxy) is 1.